The van der Waals surface area contributed by atoms with Gasteiger partial charge in [-0.05, 0) is 68.9 Å². The summed E-state index contributed by atoms with van der Waals surface area (Å²) in [7, 11) is 1.68. The van der Waals surface area contributed by atoms with Crippen molar-refractivity contribution in [2.75, 3.05) is 52.9 Å². The SMILES string of the molecule is COc1ccc(C(CNC(=O)NCCN2CCCC(C)C2)N2CCCC2)cc1. The Kier molecular flexibility index (Phi) is 7.98. The van der Waals surface area contributed by atoms with Crippen LogP contribution in [0, 0.1) is 5.92 Å². The number of likely N-dealkylation sites (tertiary alicyclic amines) is 2. The van der Waals surface area contributed by atoms with Crippen molar-refractivity contribution in [1.29, 1.82) is 0 Å². The number of rotatable bonds is 8. The Labute approximate surface area is 169 Å². The van der Waals surface area contributed by atoms with Crippen LogP contribution in [0.4, 0.5) is 4.79 Å². The first-order valence-corrected chi connectivity index (χ1v) is 10.8. The first kappa shape index (κ1) is 20.9. The van der Waals surface area contributed by atoms with Crippen LogP contribution >= 0.6 is 0 Å². The molecule has 0 radical (unpaired) electrons. The van der Waals surface area contributed by atoms with Gasteiger partial charge in [-0.3, -0.25) is 4.90 Å². The van der Waals surface area contributed by atoms with Gasteiger partial charge in [0.1, 0.15) is 5.75 Å². The number of nitrogens with zero attached hydrogens (tertiary/aromatic N) is 2. The summed E-state index contributed by atoms with van der Waals surface area (Å²) >= 11 is 0. The molecule has 1 aromatic carbocycles. The molecule has 2 amide bonds. The molecule has 0 aliphatic carbocycles. The van der Waals surface area contributed by atoms with E-state index < -0.39 is 0 Å². The fourth-order valence-electron chi connectivity index (χ4n) is 4.41. The zero-order valence-corrected chi connectivity index (χ0v) is 17.5. The van der Waals surface area contributed by atoms with Crippen LogP contribution < -0.4 is 15.4 Å². The van der Waals surface area contributed by atoms with Gasteiger partial charge in [0.25, 0.3) is 0 Å². The lowest BCUT2D eigenvalue weighted by molar-refractivity contribution is 0.183. The zero-order chi connectivity index (χ0) is 19.8. The highest BCUT2D eigenvalue weighted by Gasteiger charge is 2.24. The van der Waals surface area contributed by atoms with Crippen LogP contribution in [0.15, 0.2) is 24.3 Å². The van der Waals surface area contributed by atoms with Gasteiger partial charge in [-0.1, -0.05) is 19.1 Å². The van der Waals surface area contributed by atoms with Crippen molar-refractivity contribution in [3.63, 3.8) is 0 Å². The highest BCUT2D eigenvalue weighted by atomic mass is 16.5. The number of benzene rings is 1. The highest BCUT2D eigenvalue weighted by molar-refractivity contribution is 5.73. The second-order valence-corrected chi connectivity index (χ2v) is 8.22. The second kappa shape index (κ2) is 10.7. The lowest BCUT2D eigenvalue weighted by Gasteiger charge is -2.31. The van der Waals surface area contributed by atoms with E-state index in [4.69, 9.17) is 4.74 Å². The Balaban J connectivity index is 1.46. The topological polar surface area (TPSA) is 56.8 Å². The van der Waals surface area contributed by atoms with E-state index in [1.807, 2.05) is 12.1 Å². The molecule has 0 aromatic heterocycles. The summed E-state index contributed by atoms with van der Waals surface area (Å²) < 4.78 is 5.28. The average molecular weight is 389 g/mol. The van der Waals surface area contributed by atoms with Gasteiger partial charge in [0, 0.05) is 26.2 Å². The normalized spacial score (nSPS) is 22.0. The van der Waals surface area contributed by atoms with E-state index in [0.717, 1.165) is 44.4 Å². The zero-order valence-electron chi connectivity index (χ0n) is 17.5. The van der Waals surface area contributed by atoms with E-state index in [9.17, 15) is 4.79 Å². The van der Waals surface area contributed by atoms with Crippen molar-refractivity contribution in [3.05, 3.63) is 29.8 Å². The molecule has 0 saturated carbocycles. The summed E-state index contributed by atoms with van der Waals surface area (Å²) in [5.41, 5.74) is 1.23. The van der Waals surface area contributed by atoms with Gasteiger partial charge in [-0.25, -0.2) is 4.79 Å². The summed E-state index contributed by atoms with van der Waals surface area (Å²) in [6.45, 7) is 9.06. The molecule has 2 saturated heterocycles. The molecule has 28 heavy (non-hydrogen) atoms. The van der Waals surface area contributed by atoms with E-state index >= 15 is 0 Å². The molecule has 1 aromatic rings. The summed E-state index contributed by atoms with van der Waals surface area (Å²) in [5, 5.41) is 6.12. The number of carbonyl (C=O) groups is 1. The number of methoxy groups -OCH3 is 1. The van der Waals surface area contributed by atoms with Crippen LogP contribution in [0.1, 0.15) is 44.2 Å². The Bertz CT molecular complexity index is 601. The first-order chi connectivity index (χ1) is 13.7. The molecule has 2 aliphatic rings. The molecule has 156 valence electrons. The van der Waals surface area contributed by atoms with Crippen LogP contribution in [-0.4, -0.2) is 68.8 Å². The lowest BCUT2D eigenvalue weighted by atomic mass is 10.0. The van der Waals surface area contributed by atoms with Crippen LogP contribution in [0.2, 0.25) is 0 Å². The summed E-state index contributed by atoms with van der Waals surface area (Å²) in [5.74, 6) is 1.63. The molecular formula is C22H36N4O2. The maximum atomic E-state index is 12.3. The van der Waals surface area contributed by atoms with Crippen molar-refractivity contribution < 1.29 is 9.53 Å². The number of amides is 2. The smallest absolute Gasteiger partial charge is 0.314 e. The van der Waals surface area contributed by atoms with Crippen LogP contribution in [-0.2, 0) is 0 Å². The molecular weight excluding hydrogens is 352 g/mol. The largest absolute Gasteiger partial charge is 0.497 e. The number of urea groups is 1. The van der Waals surface area contributed by atoms with Crippen LogP contribution in [0.25, 0.3) is 0 Å². The van der Waals surface area contributed by atoms with Gasteiger partial charge in [-0.15, -0.1) is 0 Å². The van der Waals surface area contributed by atoms with E-state index in [1.165, 1.54) is 31.2 Å². The molecule has 2 atom stereocenters. The van der Waals surface area contributed by atoms with Crippen molar-refractivity contribution in [2.45, 2.75) is 38.6 Å². The average Bonchev–Trinajstić information content (AvgIpc) is 3.23. The third kappa shape index (κ3) is 6.11. The molecule has 2 aliphatic heterocycles. The number of ether oxygens (including phenoxy) is 1. The van der Waals surface area contributed by atoms with Gasteiger partial charge in [-0.2, -0.15) is 0 Å². The van der Waals surface area contributed by atoms with E-state index in [2.05, 4.69) is 39.5 Å². The predicted octanol–water partition coefficient (Wildman–Crippen LogP) is 2.86. The van der Waals surface area contributed by atoms with E-state index in [0.29, 0.717) is 13.1 Å². The minimum atomic E-state index is -0.0669. The molecule has 3 rings (SSSR count). The fraction of sp³-hybridized carbons (Fsp3) is 0.682. The third-order valence-electron chi connectivity index (χ3n) is 5.99. The Morgan fingerprint density at radius 3 is 2.57 bits per heavy atom. The first-order valence-electron chi connectivity index (χ1n) is 10.8. The van der Waals surface area contributed by atoms with Crippen molar-refractivity contribution in [1.82, 2.24) is 20.4 Å². The highest BCUT2D eigenvalue weighted by Crippen LogP contribution is 2.26. The molecule has 2 unspecified atom stereocenters. The predicted molar refractivity (Wildman–Crippen MR) is 113 cm³/mol. The number of hydrogen-bond acceptors (Lipinski definition) is 4. The van der Waals surface area contributed by atoms with Crippen LogP contribution in [0.3, 0.4) is 0 Å². The maximum Gasteiger partial charge on any atom is 0.314 e. The number of piperidine rings is 1. The molecule has 0 bridgehead atoms. The van der Waals surface area contributed by atoms with E-state index in [1.54, 1.807) is 7.11 Å². The standard InChI is InChI=1S/C22H36N4O2/c1-18-6-5-12-25(17-18)15-11-23-22(27)24-16-21(26-13-3-4-14-26)19-7-9-20(28-2)10-8-19/h7-10,18,21H,3-6,11-17H2,1-2H3,(H2,23,24,27). The van der Waals surface area contributed by atoms with Gasteiger partial charge < -0.3 is 20.3 Å². The van der Waals surface area contributed by atoms with Crippen molar-refractivity contribution in [2.24, 2.45) is 5.92 Å². The number of hydrogen-bond donors (Lipinski definition) is 2. The van der Waals surface area contributed by atoms with E-state index in [-0.39, 0.29) is 12.1 Å². The summed E-state index contributed by atoms with van der Waals surface area (Å²) in [4.78, 5) is 17.2. The lowest BCUT2D eigenvalue weighted by Crippen LogP contribution is -2.45. The molecule has 6 nitrogen and oxygen atoms in total. The second-order valence-electron chi connectivity index (χ2n) is 8.22. The minimum Gasteiger partial charge on any atom is -0.497 e. The minimum absolute atomic E-state index is 0.0669. The Morgan fingerprint density at radius 2 is 1.89 bits per heavy atom. The summed E-state index contributed by atoms with van der Waals surface area (Å²) in [6.07, 6.45) is 5.06. The quantitative estimate of drug-likeness (QED) is 0.719. The Hall–Kier alpha value is -1.79. The van der Waals surface area contributed by atoms with Crippen molar-refractivity contribution >= 4 is 6.03 Å². The molecule has 2 fully saturated rings. The number of carbonyl (C=O) groups excluding carboxylic acids is 1. The monoisotopic (exact) mass is 388 g/mol. The molecule has 2 N–H and O–H groups in total. The maximum absolute atomic E-state index is 12.3. The third-order valence-corrected chi connectivity index (χ3v) is 5.99. The van der Waals surface area contributed by atoms with Gasteiger partial charge in [0.15, 0.2) is 0 Å². The molecule has 2 heterocycles. The van der Waals surface area contributed by atoms with Gasteiger partial charge >= 0.3 is 6.03 Å². The summed E-state index contributed by atoms with van der Waals surface area (Å²) in [6, 6.07) is 8.36. The van der Waals surface area contributed by atoms with Crippen LogP contribution in [0.5, 0.6) is 5.75 Å². The Morgan fingerprint density at radius 1 is 1.14 bits per heavy atom. The van der Waals surface area contributed by atoms with Crippen molar-refractivity contribution in [3.8, 4) is 5.75 Å². The van der Waals surface area contributed by atoms with Gasteiger partial charge in [0.2, 0.25) is 0 Å². The van der Waals surface area contributed by atoms with Gasteiger partial charge in [0.05, 0.1) is 13.2 Å². The molecule has 6 heteroatoms. The molecule has 0 spiro atoms. The fourth-order valence-corrected chi connectivity index (χ4v) is 4.41. The number of nitrogens with one attached hydrogen (secondary N) is 2.